The highest BCUT2D eigenvalue weighted by Gasteiger charge is 2.50. The predicted octanol–water partition coefficient (Wildman–Crippen LogP) is 1.68. The van der Waals surface area contributed by atoms with E-state index in [4.69, 9.17) is 16.4 Å². The minimum Gasteiger partial charge on any atom is -0.396 e. The number of aliphatic hydroxyl groups is 2. The van der Waals surface area contributed by atoms with Crippen LogP contribution < -0.4 is 0 Å². The normalized spacial score (nSPS) is 32.9. The van der Waals surface area contributed by atoms with Gasteiger partial charge in [0.25, 0.3) is 0 Å². The van der Waals surface area contributed by atoms with Gasteiger partial charge in [-0.25, -0.2) is 0 Å². The van der Waals surface area contributed by atoms with E-state index in [0.29, 0.717) is 5.02 Å². The fourth-order valence-corrected chi connectivity index (χ4v) is 3.30. The van der Waals surface area contributed by atoms with Crippen molar-refractivity contribution in [2.75, 3.05) is 13.2 Å². The zero-order valence-corrected chi connectivity index (χ0v) is 11.1. The van der Waals surface area contributed by atoms with Gasteiger partial charge in [-0.2, -0.15) is 0 Å². The second-order valence-corrected chi connectivity index (χ2v) is 5.64. The average Bonchev–Trinajstić information content (AvgIpc) is 2.99. The number of aliphatic hydroxyl groups excluding tert-OH is 2. The van der Waals surface area contributed by atoms with Crippen LogP contribution in [-0.4, -0.2) is 35.2 Å². The molecule has 0 saturated heterocycles. The number of oxime groups is 1. The van der Waals surface area contributed by atoms with Crippen LogP contribution in [0.15, 0.2) is 29.4 Å². The molecule has 5 heteroatoms. The summed E-state index contributed by atoms with van der Waals surface area (Å²) in [5.74, 6) is 0.207. The summed E-state index contributed by atoms with van der Waals surface area (Å²) in [7, 11) is 0. The zero-order chi connectivity index (χ0) is 13.4. The van der Waals surface area contributed by atoms with Gasteiger partial charge in [0.2, 0.25) is 0 Å². The maximum absolute atomic E-state index is 9.52. The molecule has 1 aromatic carbocycles. The molecule has 2 aliphatic rings. The molecule has 0 amide bonds. The lowest BCUT2D eigenvalue weighted by molar-refractivity contribution is 0.0198. The molecule has 1 aliphatic heterocycles. The Labute approximate surface area is 116 Å². The third-order valence-corrected chi connectivity index (χ3v) is 4.38. The topological polar surface area (TPSA) is 62.0 Å². The molecule has 0 radical (unpaired) electrons. The summed E-state index contributed by atoms with van der Waals surface area (Å²) >= 11 is 5.89. The molecule has 3 rings (SSSR count). The van der Waals surface area contributed by atoms with E-state index in [1.165, 1.54) is 0 Å². The van der Waals surface area contributed by atoms with E-state index in [0.717, 1.165) is 17.7 Å². The van der Waals surface area contributed by atoms with Gasteiger partial charge in [-0.15, -0.1) is 0 Å². The van der Waals surface area contributed by atoms with Crippen LogP contribution in [0.5, 0.6) is 0 Å². The first-order valence-corrected chi connectivity index (χ1v) is 6.83. The van der Waals surface area contributed by atoms with Crippen molar-refractivity contribution >= 4 is 17.3 Å². The van der Waals surface area contributed by atoms with Crippen molar-refractivity contribution < 1.29 is 15.1 Å². The molecule has 0 bridgehead atoms. The summed E-state index contributed by atoms with van der Waals surface area (Å²) in [6.07, 6.45) is 0.655. The van der Waals surface area contributed by atoms with Gasteiger partial charge in [-0.3, -0.25) is 0 Å². The largest absolute Gasteiger partial charge is 0.396 e. The van der Waals surface area contributed by atoms with E-state index in [1.807, 2.05) is 24.3 Å². The summed E-state index contributed by atoms with van der Waals surface area (Å²) < 4.78 is 0. The molecule has 19 heavy (non-hydrogen) atoms. The molecule has 0 unspecified atom stereocenters. The number of hydrogen-bond acceptors (Lipinski definition) is 4. The van der Waals surface area contributed by atoms with Crippen LogP contribution in [0.2, 0.25) is 5.02 Å². The van der Waals surface area contributed by atoms with E-state index in [1.54, 1.807) is 0 Å². The molecule has 4 nitrogen and oxygen atoms in total. The Bertz CT molecular complexity index is 488. The molecular weight excluding hydrogens is 266 g/mol. The van der Waals surface area contributed by atoms with Gasteiger partial charge >= 0.3 is 0 Å². The Kier molecular flexibility index (Phi) is 3.48. The smallest absolute Gasteiger partial charge is 0.141 e. The number of nitrogens with zero attached hydrogens (tertiary/aromatic N) is 1. The lowest BCUT2D eigenvalue weighted by Crippen LogP contribution is -2.28. The van der Waals surface area contributed by atoms with E-state index in [-0.39, 0.29) is 37.1 Å². The molecular formula is C14H16ClNO3. The van der Waals surface area contributed by atoms with Crippen LogP contribution >= 0.6 is 11.6 Å². The number of hydrogen-bond donors (Lipinski definition) is 2. The lowest BCUT2D eigenvalue weighted by Gasteiger charge is -2.16. The van der Waals surface area contributed by atoms with Crippen molar-refractivity contribution in [3.8, 4) is 0 Å². The monoisotopic (exact) mass is 281 g/mol. The molecule has 4 atom stereocenters. The van der Waals surface area contributed by atoms with Crippen LogP contribution in [-0.2, 0) is 4.84 Å². The van der Waals surface area contributed by atoms with Crippen molar-refractivity contribution in [1.82, 2.24) is 0 Å². The van der Waals surface area contributed by atoms with Gasteiger partial charge < -0.3 is 15.1 Å². The average molecular weight is 282 g/mol. The maximum Gasteiger partial charge on any atom is 0.141 e. The zero-order valence-electron chi connectivity index (χ0n) is 10.4. The van der Waals surface area contributed by atoms with Gasteiger partial charge in [0.05, 0.1) is 11.6 Å². The van der Waals surface area contributed by atoms with Gasteiger partial charge in [0, 0.05) is 24.2 Å². The highest BCUT2D eigenvalue weighted by Crippen LogP contribution is 2.43. The molecule has 102 valence electrons. The molecule has 0 spiro atoms. The Balaban J connectivity index is 1.90. The van der Waals surface area contributed by atoms with E-state index in [2.05, 4.69) is 5.16 Å². The minimum absolute atomic E-state index is 0.0516. The van der Waals surface area contributed by atoms with Crippen LogP contribution in [0.25, 0.3) is 0 Å². The minimum atomic E-state index is -0.118. The maximum atomic E-state index is 9.52. The number of rotatable bonds is 3. The van der Waals surface area contributed by atoms with Crippen molar-refractivity contribution in [3.05, 3.63) is 34.9 Å². The molecule has 1 aromatic rings. The van der Waals surface area contributed by atoms with Crippen LogP contribution in [0.1, 0.15) is 12.0 Å². The Morgan fingerprint density at radius 1 is 1.16 bits per heavy atom. The first kappa shape index (κ1) is 12.9. The third kappa shape index (κ3) is 2.14. The van der Waals surface area contributed by atoms with Crippen LogP contribution in [0.3, 0.4) is 0 Å². The standard InChI is InChI=1S/C14H16ClNO3/c15-11-3-1-8(2-4-11)13-12-9(6-17)5-10(7-18)14(12)19-16-13/h1-4,9-10,12,14,17-18H,5-7H2/t9-,10+,12-,14-/m1/s1. The van der Waals surface area contributed by atoms with Crippen molar-refractivity contribution in [2.24, 2.45) is 22.9 Å². The lowest BCUT2D eigenvalue weighted by atomic mass is 9.87. The Morgan fingerprint density at radius 2 is 1.84 bits per heavy atom. The van der Waals surface area contributed by atoms with Gasteiger partial charge in [0.15, 0.2) is 0 Å². The summed E-state index contributed by atoms with van der Waals surface area (Å²) in [6, 6.07) is 7.46. The van der Waals surface area contributed by atoms with Gasteiger partial charge in [-0.1, -0.05) is 28.9 Å². The quantitative estimate of drug-likeness (QED) is 0.886. The fourth-order valence-electron chi connectivity index (χ4n) is 3.17. The first-order valence-electron chi connectivity index (χ1n) is 6.46. The fraction of sp³-hybridized carbons (Fsp3) is 0.500. The Hall–Kier alpha value is -1.10. The molecule has 0 aromatic heterocycles. The van der Waals surface area contributed by atoms with Crippen molar-refractivity contribution in [1.29, 1.82) is 0 Å². The molecule has 1 saturated carbocycles. The summed E-state index contributed by atoms with van der Waals surface area (Å²) in [5.41, 5.74) is 1.82. The summed E-state index contributed by atoms with van der Waals surface area (Å²) in [5, 5.41) is 23.8. The van der Waals surface area contributed by atoms with E-state index >= 15 is 0 Å². The second kappa shape index (κ2) is 5.12. The highest BCUT2D eigenvalue weighted by molar-refractivity contribution is 6.30. The highest BCUT2D eigenvalue weighted by atomic mass is 35.5. The van der Waals surface area contributed by atoms with Crippen molar-refractivity contribution in [3.63, 3.8) is 0 Å². The molecule has 1 aliphatic carbocycles. The SMILES string of the molecule is OC[C@@H]1C[C@H](CO)[C@@H]2C(c3ccc(Cl)cc3)=NO[C@H]12. The van der Waals surface area contributed by atoms with E-state index in [9.17, 15) is 10.2 Å². The number of benzene rings is 1. The molecule has 1 heterocycles. The second-order valence-electron chi connectivity index (χ2n) is 5.20. The van der Waals surface area contributed by atoms with Gasteiger partial charge in [0.1, 0.15) is 6.10 Å². The third-order valence-electron chi connectivity index (χ3n) is 4.13. The van der Waals surface area contributed by atoms with Crippen molar-refractivity contribution in [2.45, 2.75) is 12.5 Å². The van der Waals surface area contributed by atoms with Crippen LogP contribution in [0.4, 0.5) is 0 Å². The molecule has 2 N–H and O–H groups in total. The summed E-state index contributed by atoms with van der Waals surface area (Å²) in [4.78, 5) is 5.49. The number of halogens is 1. The van der Waals surface area contributed by atoms with Crippen LogP contribution in [0, 0.1) is 17.8 Å². The first-order chi connectivity index (χ1) is 9.24. The Morgan fingerprint density at radius 3 is 2.47 bits per heavy atom. The molecule has 1 fully saturated rings. The predicted molar refractivity (Wildman–Crippen MR) is 72.1 cm³/mol. The van der Waals surface area contributed by atoms with Gasteiger partial charge in [-0.05, 0) is 30.0 Å². The summed E-state index contributed by atoms with van der Waals surface area (Å²) in [6.45, 7) is 0.161. The van der Waals surface area contributed by atoms with E-state index < -0.39 is 0 Å². The number of fused-ring (bicyclic) bond motifs is 1.